The number of hydrogen-bond acceptors (Lipinski definition) is 5. The smallest absolute Gasteiger partial charge is 0.253 e. The van der Waals surface area contributed by atoms with Crippen molar-refractivity contribution in [2.24, 2.45) is 5.41 Å². The van der Waals surface area contributed by atoms with Crippen LogP contribution in [0.2, 0.25) is 0 Å². The Labute approximate surface area is 151 Å². The third-order valence-electron chi connectivity index (χ3n) is 5.47. The summed E-state index contributed by atoms with van der Waals surface area (Å²) in [6.07, 6.45) is 9.22. The highest BCUT2D eigenvalue weighted by Gasteiger charge is 2.45. The quantitative estimate of drug-likeness (QED) is 0.890. The minimum absolute atomic E-state index is 0.0129. The van der Waals surface area contributed by atoms with E-state index in [1.807, 2.05) is 4.90 Å². The zero-order valence-corrected chi connectivity index (χ0v) is 14.8. The van der Waals surface area contributed by atoms with E-state index < -0.39 is 6.04 Å². The molecule has 0 radical (unpaired) electrons. The number of carbonyl (C=O) groups excluding carboxylic acids is 2. The second-order valence-corrected chi connectivity index (χ2v) is 7.27. The predicted molar refractivity (Wildman–Crippen MR) is 93.6 cm³/mol. The van der Waals surface area contributed by atoms with Gasteiger partial charge < -0.3 is 10.2 Å². The first-order valence-electron chi connectivity index (χ1n) is 8.97. The lowest BCUT2D eigenvalue weighted by atomic mass is 9.93. The highest BCUT2D eigenvalue weighted by molar-refractivity contribution is 5.97. The van der Waals surface area contributed by atoms with Gasteiger partial charge >= 0.3 is 0 Å². The number of carbonyl (C=O) groups is 2. The molecule has 26 heavy (non-hydrogen) atoms. The fourth-order valence-electron chi connectivity index (χ4n) is 3.48. The van der Waals surface area contributed by atoms with Crippen LogP contribution >= 0.6 is 0 Å². The Kier molecular flexibility index (Phi) is 4.18. The van der Waals surface area contributed by atoms with Gasteiger partial charge in [0, 0.05) is 19.3 Å². The molecule has 1 saturated heterocycles. The summed E-state index contributed by atoms with van der Waals surface area (Å²) in [6, 6.07) is 2.80. The molecule has 1 spiro atoms. The summed E-state index contributed by atoms with van der Waals surface area (Å²) < 4.78 is 1.51. The Morgan fingerprint density at radius 1 is 1.19 bits per heavy atom. The fourth-order valence-corrected chi connectivity index (χ4v) is 3.48. The zero-order chi connectivity index (χ0) is 18.1. The number of hydrogen-bond donors (Lipinski definition) is 1. The Balaban J connectivity index is 1.34. The number of likely N-dealkylation sites (tertiary alicyclic amines) is 1. The van der Waals surface area contributed by atoms with Gasteiger partial charge in [0.2, 0.25) is 5.91 Å². The standard InChI is InChI=1S/C18H22N6O2/c1-13(17(26)23-8-6-18(4-5-18)7-9-23)22-16(25)14-2-3-15(20-10-14)24-12-19-11-21-24/h2-3,10-13H,4-9H2,1H3,(H,22,25)/t13-/m0/s1. The van der Waals surface area contributed by atoms with E-state index in [1.54, 1.807) is 19.1 Å². The first-order valence-corrected chi connectivity index (χ1v) is 8.97. The minimum Gasteiger partial charge on any atom is -0.341 e. The third kappa shape index (κ3) is 3.31. The maximum absolute atomic E-state index is 12.6. The second kappa shape index (κ2) is 6.51. The van der Waals surface area contributed by atoms with Crippen LogP contribution in [-0.4, -0.2) is 55.6 Å². The summed E-state index contributed by atoms with van der Waals surface area (Å²) in [5, 5.41) is 6.77. The Hall–Kier alpha value is -2.77. The van der Waals surface area contributed by atoms with E-state index in [0.717, 1.165) is 25.9 Å². The average Bonchev–Trinajstić information content (AvgIpc) is 3.20. The molecule has 136 valence electrons. The zero-order valence-electron chi connectivity index (χ0n) is 14.8. The molecule has 8 nitrogen and oxygen atoms in total. The van der Waals surface area contributed by atoms with Gasteiger partial charge in [0.1, 0.15) is 18.7 Å². The molecular formula is C18H22N6O2. The molecule has 2 amide bonds. The van der Waals surface area contributed by atoms with Crippen molar-refractivity contribution < 1.29 is 9.59 Å². The molecule has 2 aromatic rings. The molecule has 1 aliphatic carbocycles. The van der Waals surface area contributed by atoms with Crippen molar-refractivity contribution in [1.82, 2.24) is 30.0 Å². The lowest BCUT2D eigenvalue weighted by Gasteiger charge is -2.33. The van der Waals surface area contributed by atoms with Gasteiger partial charge in [-0.15, -0.1) is 0 Å². The number of aromatic nitrogens is 4. The van der Waals surface area contributed by atoms with Crippen LogP contribution in [0.15, 0.2) is 31.0 Å². The molecule has 2 aromatic heterocycles. The Morgan fingerprint density at radius 3 is 2.54 bits per heavy atom. The number of rotatable bonds is 4. The van der Waals surface area contributed by atoms with Gasteiger partial charge in [0.25, 0.3) is 5.91 Å². The number of amides is 2. The van der Waals surface area contributed by atoms with Gasteiger partial charge in [0.15, 0.2) is 5.82 Å². The predicted octanol–water partition coefficient (Wildman–Crippen LogP) is 1.18. The Bertz CT molecular complexity index is 788. The minimum atomic E-state index is -0.550. The van der Waals surface area contributed by atoms with E-state index in [1.165, 1.54) is 36.4 Å². The van der Waals surface area contributed by atoms with Crippen LogP contribution in [0.4, 0.5) is 0 Å². The molecular weight excluding hydrogens is 332 g/mol. The second-order valence-electron chi connectivity index (χ2n) is 7.27. The van der Waals surface area contributed by atoms with Crippen LogP contribution in [-0.2, 0) is 4.79 Å². The van der Waals surface area contributed by atoms with Gasteiger partial charge in [-0.3, -0.25) is 9.59 Å². The average molecular weight is 354 g/mol. The van der Waals surface area contributed by atoms with Crippen LogP contribution in [0.5, 0.6) is 0 Å². The van der Waals surface area contributed by atoms with E-state index >= 15 is 0 Å². The topological polar surface area (TPSA) is 93.0 Å². The molecule has 0 bridgehead atoms. The van der Waals surface area contributed by atoms with Crippen LogP contribution in [0.1, 0.15) is 43.0 Å². The molecule has 4 rings (SSSR count). The molecule has 1 atom stereocenters. The molecule has 1 saturated carbocycles. The van der Waals surface area contributed by atoms with Crippen molar-refractivity contribution in [1.29, 1.82) is 0 Å². The summed E-state index contributed by atoms with van der Waals surface area (Å²) in [5.41, 5.74) is 0.935. The van der Waals surface area contributed by atoms with Gasteiger partial charge in [-0.25, -0.2) is 14.6 Å². The van der Waals surface area contributed by atoms with Crippen LogP contribution in [0.25, 0.3) is 5.82 Å². The summed E-state index contributed by atoms with van der Waals surface area (Å²) >= 11 is 0. The normalized spacial score (nSPS) is 19.2. The van der Waals surface area contributed by atoms with Crippen molar-refractivity contribution in [2.45, 2.75) is 38.6 Å². The lowest BCUT2D eigenvalue weighted by molar-refractivity contribution is -0.134. The van der Waals surface area contributed by atoms with E-state index in [-0.39, 0.29) is 11.8 Å². The first-order chi connectivity index (χ1) is 12.6. The molecule has 1 N–H and O–H groups in total. The van der Waals surface area contributed by atoms with Crippen LogP contribution in [0, 0.1) is 5.41 Å². The van der Waals surface area contributed by atoms with E-state index in [4.69, 9.17) is 0 Å². The van der Waals surface area contributed by atoms with Crippen LogP contribution in [0.3, 0.4) is 0 Å². The van der Waals surface area contributed by atoms with Crippen molar-refractivity contribution in [3.8, 4) is 5.82 Å². The third-order valence-corrected chi connectivity index (χ3v) is 5.47. The highest BCUT2D eigenvalue weighted by Crippen LogP contribution is 2.53. The molecule has 2 aliphatic rings. The van der Waals surface area contributed by atoms with Gasteiger partial charge in [-0.2, -0.15) is 5.10 Å². The molecule has 1 aliphatic heterocycles. The summed E-state index contributed by atoms with van der Waals surface area (Å²) in [5.74, 6) is 0.255. The van der Waals surface area contributed by atoms with E-state index in [0.29, 0.717) is 16.8 Å². The van der Waals surface area contributed by atoms with Gasteiger partial charge in [-0.05, 0) is 50.2 Å². The molecule has 8 heteroatoms. The van der Waals surface area contributed by atoms with Gasteiger partial charge in [0.05, 0.1) is 5.56 Å². The number of piperidine rings is 1. The summed E-state index contributed by atoms with van der Waals surface area (Å²) in [6.45, 7) is 3.33. The van der Waals surface area contributed by atoms with Gasteiger partial charge in [-0.1, -0.05) is 0 Å². The molecule has 2 fully saturated rings. The largest absolute Gasteiger partial charge is 0.341 e. The monoisotopic (exact) mass is 354 g/mol. The lowest BCUT2D eigenvalue weighted by Crippen LogP contribution is -2.49. The number of nitrogens with zero attached hydrogens (tertiary/aromatic N) is 5. The summed E-state index contributed by atoms with van der Waals surface area (Å²) in [4.78, 5) is 34.9. The van der Waals surface area contributed by atoms with Crippen molar-refractivity contribution in [3.05, 3.63) is 36.5 Å². The molecule has 3 heterocycles. The van der Waals surface area contributed by atoms with E-state index in [2.05, 4.69) is 20.4 Å². The maximum atomic E-state index is 12.6. The van der Waals surface area contributed by atoms with Crippen molar-refractivity contribution in [3.63, 3.8) is 0 Å². The number of pyridine rings is 1. The SMILES string of the molecule is C[C@H](NC(=O)c1ccc(-n2cncn2)nc1)C(=O)N1CCC2(CC1)CC2. The number of nitrogens with one attached hydrogen (secondary N) is 1. The van der Waals surface area contributed by atoms with Crippen molar-refractivity contribution in [2.75, 3.05) is 13.1 Å². The van der Waals surface area contributed by atoms with Crippen molar-refractivity contribution >= 4 is 11.8 Å². The van der Waals surface area contributed by atoms with Crippen LogP contribution < -0.4 is 5.32 Å². The fraction of sp³-hybridized carbons (Fsp3) is 0.500. The molecule has 0 aromatic carbocycles. The maximum Gasteiger partial charge on any atom is 0.253 e. The first kappa shape index (κ1) is 16.7. The summed E-state index contributed by atoms with van der Waals surface area (Å²) in [7, 11) is 0. The van der Waals surface area contributed by atoms with E-state index in [9.17, 15) is 9.59 Å². The molecule has 0 unspecified atom stereocenters. The highest BCUT2D eigenvalue weighted by atomic mass is 16.2. The Morgan fingerprint density at radius 2 is 1.96 bits per heavy atom.